The fourth-order valence-corrected chi connectivity index (χ4v) is 10.5. The van der Waals surface area contributed by atoms with Gasteiger partial charge >= 0.3 is 194 Å². The summed E-state index contributed by atoms with van der Waals surface area (Å²) in [4.78, 5) is 4.62. The van der Waals surface area contributed by atoms with Gasteiger partial charge < -0.3 is 0 Å². The molecule has 0 aliphatic heterocycles. The summed E-state index contributed by atoms with van der Waals surface area (Å²) < 4.78 is 1.93. The Balaban J connectivity index is 1.83. The molecule has 2 heterocycles. The van der Waals surface area contributed by atoms with Crippen molar-refractivity contribution < 1.29 is 0 Å². The van der Waals surface area contributed by atoms with Gasteiger partial charge in [-0.1, -0.05) is 0 Å². The van der Waals surface area contributed by atoms with Crippen LogP contribution in [0.25, 0.3) is 5.65 Å². The molecular formula is C27H25ClN3P. The van der Waals surface area contributed by atoms with Gasteiger partial charge in [0.1, 0.15) is 0 Å². The Hall–Kier alpha value is -3.00. The molecule has 0 saturated heterocycles. The van der Waals surface area contributed by atoms with E-state index in [4.69, 9.17) is 16.3 Å². The van der Waals surface area contributed by atoms with Crippen molar-refractivity contribution in [3.63, 3.8) is 0 Å². The molecule has 5 aromatic rings. The van der Waals surface area contributed by atoms with E-state index in [0.717, 1.165) is 38.6 Å². The molecule has 0 aliphatic rings. The number of rotatable bonds is 5. The van der Waals surface area contributed by atoms with Gasteiger partial charge in [-0.15, -0.1) is 0 Å². The number of nitrogens with zero attached hydrogens (tertiary/aromatic N) is 3. The molecule has 0 bridgehead atoms. The standard InChI is InChI=1S/C27H25ClN3P/c1-21-22(2)31-27(29-21)19-18-23(30-31)20-32(28,24-12-6-3-7-13-24,25-14-8-4-9-15-25)26-16-10-5-11-17-26/h3-19H,20H2,1-2H3. The summed E-state index contributed by atoms with van der Waals surface area (Å²) in [5.74, 6) is -3.41. The van der Waals surface area contributed by atoms with Gasteiger partial charge in [-0.2, -0.15) is 0 Å². The number of hydrogen-bond donors (Lipinski definition) is 0. The van der Waals surface area contributed by atoms with Gasteiger partial charge in [-0.25, -0.2) is 0 Å². The van der Waals surface area contributed by atoms with Crippen LogP contribution in [0.2, 0.25) is 0 Å². The van der Waals surface area contributed by atoms with Crippen molar-refractivity contribution in [1.29, 1.82) is 0 Å². The molecular weight excluding hydrogens is 433 g/mol. The Kier molecular flexibility index (Phi) is 5.12. The second-order valence-electron chi connectivity index (χ2n) is 8.22. The molecule has 3 aromatic carbocycles. The van der Waals surface area contributed by atoms with Crippen molar-refractivity contribution in [2.24, 2.45) is 0 Å². The average molecular weight is 458 g/mol. The maximum atomic E-state index is 8.17. The first kappa shape index (κ1) is 20.9. The van der Waals surface area contributed by atoms with Gasteiger partial charge in [0.2, 0.25) is 0 Å². The second-order valence-corrected chi connectivity index (χ2v) is 14.7. The molecule has 0 spiro atoms. The van der Waals surface area contributed by atoms with Crippen LogP contribution in [0, 0.1) is 13.8 Å². The Labute approximate surface area is 193 Å². The van der Waals surface area contributed by atoms with Crippen LogP contribution in [0.5, 0.6) is 0 Å². The monoisotopic (exact) mass is 457 g/mol. The third-order valence-electron chi connectivity index (χ3n) is 6.34. The number of halogens is 1. The third-order valence-corrected chi connectivity index (χ3v) is 13.5. The van der Waals surface area contributed by atoms with Crippen molar-refractivity contribution in [3.8, 4) is 0 Å². The zero-order valence-electron chi connectivity index (χ0n) is 18.2. The Bertz CT molecular complexity index is 1280. The quantitative estimate of drug-likeness (QED) is 0.325. The molecule has 0 aliphatic carbocycles. The van der Waals surface area contributed by atoms with Gasteiger partial charge in [0.05, 0.1) is 0 Å². The zero-order chi connectivity index (χ0) is 22.2. The normalized spacial score (nSPS) is 13.0. The number of hydrogen-bond acceptors (Lipinski definition) is 2. The molecule has 0 N–H and O–H groups in total. The van der Waals surface area contributed by atoms with Crippen LogP contribution in [0.3, 0.4) is 0 Å². The first-order valence-corrected chi connectivity index (χ1v) is 14.0. The molecule has 5 heteroatoms. The summed E-state index contributed by atoms with van der Waals surface area (Å²) in [6.45, 7) is 4.07. The Morgan fingerprint density at radius 1 is 0.688 bits per heavy atom. The van der Waals surface area contributed by atoms with Crippen LogP contribution < -0.4 is 15.9 Å². The van der Waals surface area contributed by atoms with Crippen LogP contribution in [-0.4, -0.2) is 14.6 Å². The molecule has 0 unspecified atom stereocenters. The number of aromatic nitrogens is 3. The predicted molar refractivity (Wildman–Crippen MR) is 137 cm³/mol. The van der Waals surface area contributed by atoms with Crippen molar-refractivity contribution in [2.75, 3.05) is 0 Å². The average Bonchev–Trinajstić information content (AvgIpc) is 3.14. The van der Waals surface area contributed by atoms with E-state index in [9.17, 15) is 0 Å². The van der Waals surface area contributed by atoms with Crippen molar-refractivity contribution >= 4 is 38.8 Å². The van der Waals surface area contributed by atoms with E-state index in [-0.39, 0.29) is 0 Å². The molecule has 0 saturated carbocycles. The second kappa shape index (κ2) is 7.85. The molecule has 0 atom stereocenters. The van der Waals surface area contributed by atoms with Crippen molar-refractivity contribution in [2.45, 2.75) is 20.0 Å². The van der Waals surface area contributed by atoms with E-state index in [1.165, 1.54) is 0 Å². The van der Waals surface area contributed by atoms with Crippen LogP contribution in [0.4, 0.5) is 0 Å². The van der Waals surface area contributed by atoms with Crippen molar-refractivity contribution in [1.82, 2.24) is 14.6 Å². The van der Waals surface area contributed by atoms with E-state index in [1.807, 2.05) is 35.7 Å². The van der Waals surface area contributed by atoms with Gasteiger partial charge in [-0.05, 0) is 0 Å². The van der Waals surface area contributed by atoms with Gasteiger partial charge in [0, 0.05) is 0 Å². The van der Waals surface area contributed by atoms with E-state index in [0.29, 0.717) is 6.16 Å². The number of aryl methyl sites for hydroxylation is 2. The fourth-order valence-electron chi connectivity index (χ4n) is 4.52. The molecule has 160 valence electrons. The van der Waals surface area contributed by atoms with Gasteiger partial charge in [0.25, 0.3) is 0 Å². The molecule has 0 fully saturated rings. The first-order valence-electron chi connectivity index (χ1n) is 10.7. The zero-order valence-corrected chi connectivity index (χ0v) is 19.8. The minimum atomic E-state index is -3.41. The summed E-state index contributed by atoms with van der Waals surface area (Å²) in [5.41, 5.74) is 3.85. The fraction of sp³-hybridized carbons (Fsp3) is 0.111. The SMILES string of the molecule is Cc1nc2ccc(CP(Cl)(c3ccccc3)(c3ccccc3)c3ccccc3)nn2c1C. The number of benzene rings is 3. The Morgan fingerprint density at radius 3 is 1.62 bits per heavy atom. The summed E-state index contributed by atoms with van der Waals surface area (Å²) in [6.07, 6.45) is 0.609. The van der Waals surface area contributed by atoms with E-state index in [2.05, 4.69) is 90.8 Å². The first-order chi connectivity index (χ1) is 15.5. The molecule has 32 heavy (non-hydrogen) atoms. The molecule has 0 radical (unpaired) electrons. The summed E-state index contributed by atoms with van der Waals surface area (Å²) >= 11 is 8.17. The summed E-state index contributed by atoms with van der Waals surface area (Å²) in [6, 6.07) is 35.7. The molecule has 5 rings (SSSR count). The third kappa shape index (κ3) is 3.16. The van der Waals surface area contributed by atoms with E-state index < -0.39 is 5.96 Å². The molecule has 3 nitrogen and oxygen atoms in total. The van der Waals surface area contributed by atoms with Crippen LogP contribution in [0.1, 0.15) is 17.1 Å². The van der Waals surface area contributed by atoms with E-state index in [1.54, 1.807) is 0 Å². The summed E-state index contributed by atoms with van der Waals surface area (Å²) in [7, 11) is 0. The van der Waals surface area contributed by atoms with Crippen LogP contribution in [-0.2, 0) is 6.16 Å². The van der Waals surface area contributed by atoms with Crippen LogP contribution in [0.15, 0.2) is 103 Å². The topological polar surface area (TPSA) is 30.2 Å². The van der Waals surface area contributed by atoms with Gasteiger partial charge in [0.15, 0.2) is 0 Å². The Morgan fingerprint density at radius 2 is 1.16 bits per heavy atom. The van der Waals surface area contributed by atoms with Crippen molar-refractivity contribution in [3.05, 3.63) is 120 Å². The summed E-state index contributed by atoms with van der Waals surface area (Å²) in [5, 5.41) is 8.42. The number of imidazole rings is 1. The predicted octanol–water partition coefficient (Wildman–Crippen LogP) is 5.53. The minimum absolute atomic E-state index is 0.609. The number of fused-ring (bicyclic) bond motifs is 1. The van der Waals surface area contributed by atoms with Crippen LogP contribution >= 0.6 is 17.2 Å². The van der Waals surface area contributed by atoms with E-state index >= 15 is 0 Å². The maximum absolute atomic E-state index is 8.17. The molecule has 0 amide bonds. The molecule has 2 aromatic heterocycles. The van der Waals surface area contributed by atoms with Gasteiger partial charge in [-0.3, -0.25) is 0 Å².